The van der Waals surface area contributed by atoms with Crippen LogP contribution in [-0.4, -0.2) is 19.9 Å². The van der Waals surface area contributed by atoms with Gasteiger partial charge in [-0.15, -0.1) is 0 Å². The van der Waals surface area contributed by atoms with Gasteiger partial charge in [0.15, 0.2) is 5.82 Å². The highest BCUT2D eigenvalue weighted by Gasteiger charge is 2.04. The van der Waals surface area contributed by atoms with Gasteiger partial charge in [-0.25, -0.2) is 9.67 Å². The molecule has 4 heteroatoms. The zero-order chi connectivity index (χ0) is 9.97. The molecule has 0 aromatic carbocycles. The smallest absolute Gasteiger partial charge is 0.158 e. The fourth-order valence-electron chi connectivity index (χ4n) is 1.29. The van der Waals surface area contributed by atoms with Crippen LogP contribution in [0.1, 0.15) is 11.1 Å². The summed E-state index contributed by atoms with van der Waals surface area (Å²) in [4.78, 5) is 4.17. The Morgan fingerprint density at radius 1 is 1.50 bits per heavy atom. The highest BCUT2D eigenvalue weighted by molar-refractivity contribution is 5.32. The summed E-state index contributed by atoms with van der Waals surface area (Å²) in [6, 6.07) is 3.63. The van der Waals surface area contributed by atoms with E-state index in [9.17, 15) is 0 Å². The molecule has 72 valence electrons. The highest BCUT2D eigenvalue weighted by atomic mass is 16.3. The summed E-state index contributed by atoms with van der Waals surface area (Å²) < 4.78 is 1.67. The number of pyridine rings is 1. The Labute approximate surface area is 81.8 Å². The molecule has 0 saturated carbocycles. The van der Waals surface area contributed by atoms with Gasteiger partial charge >= 0.3 is 0 Å². The van der Waals surface area contributed by atoms with E-state index in [1.807, 2.05) is 19.2 Å². The molecule has 0 aliphatic rings. The number of aliphatic hydroxyl groups excluding tert-OH is 1. The molecular weight excluding hydrogens is 178 g/mol. The van der Waals surface area contributed by atoms with Gasteiger partial charge in [-0.2, -0.15) is 5.10 Å². The SMILES string of the molecule is Cc1cnn(-c2ncccc2CO)c1. The van der Waals surface area contributed by atoms with Crippen molar-refractivity contribution in [1.82, 2.24) is 14.8 Å². The quantitative estimate of drug-likeness (QED) is 0.768. The largest absolute Gasteiger partial charge is 0.392 e. The minimum absolute atomic E-state index is 0.0257. The maximum absolute atomic E-state index is 9.11. The molecule has 2 aromatic rings. The fourth-order valence-corrected chi connectivity index (χ4v) is 1.29. The van der Waals surface area contributed by atoms with Gasteiger partial charge in [0.2, 0.25) is 0 Å². The lowest BCUT2D eigenvalue weighted by molar-refractivity contribution is 0.281. The zero-order valence-electron chi connectivity index (χ0n) is 7.88. The molecule has 2 heterocycles. The number of hydrogen-bond acceptors (Lipinski definition) is 3. The summed E-state index contributed by atoms with van der Waals surface area (Å²) in [6.45, 7) is 1.94. The van der Waals surface area contributed by atoms with E-state index >= 15 is 0 Å². The Morgan fingerprint density at radius 2 is 2.36 bits per heavy atom. The average Bonchev–Trinajstić information content (AvgIpc) is 2.65. The lowest BCUT2D eigenvalue weighted by atomic mass is 10.3. The van der Waals surface area contributed by atoms with Crippen LogP contribution in [0.15, 0.2) is 30.7 Å². The monoisotopic (exact) mass is 189 g/mol. The first-order valence-corrected chi connectivity index (χ1v) is 4.37. The second kappa shape index (κ2) is 3.59. The van der Waals surface area contributed by atoms with Crippen molar-refractivity contribution in [3.63, 3.8) is 0 Å². The van der Waals surface area contributed by atoms with Crippen LogP contribution >= 0.6 is 0 Å². The molecule has 4 nitrogen and oxygen atoms in total. The average molecular weight is 189 g/mol. The van der Waals surface area contributed by atoms with E-state index in [2.05, 4.69) is 10.1 Å². The van der Waals surface area contributed by atoms with Gasteiger partial charge in [0.05, 0.1) is 12.8 Å². The molecule has 0 atom stereocenters. The summed E-state index contributed by atoms with van der Waals surface area (Å²) in [7, 11) is 0. The van der Waals surface area contributed by atoms with Crippen molar-refractivity contribution in [2.24, 2.45) is 0 Å². The lowest BCUT2D eigenvalue weighted by Crippen LogP contribution is -2.02. The summed E-state index contributed by atoms with van der Waals surface area (Å²) >= 11 is 0. The summed E-state index contributed by atoms with van der Waals surface area (Å²) in [5, 5.41) is 13.2. The lowest BCUT2D eigenvalue weighted by Gasteiger charge is -2.04. The number of rotatable bonds is 2. The van der Waals surface area contributed by atoms with Crippen LogP contribution in [0.5, 0.6) is 0 Å². The Kier molecular flexibility index (Phi) is 2.28. The van der Waals surface area contributed by atoms with Crippen LogP contribution in [0.2, 0.25) is 0 Å². The Bertz CT molecular complexity index is 436. The van der Waals surface area contributed by atoms with E-state index in [4.69, 9.17) is 5.11 Å². The summed E-state index contributed by atoms with van der Waals surface area (Å²) in [5.41, 5.74) is 1.84. The van der Waals surface area contributed by atoms with Gasteiger partial charge in [0.1, 0.15) is 0 Å². The van der Waals surface area contributed by atoms with Gasteiger partial charge in [-0.3, -0.25) is 0 Å². The van der Waals surface area contributed by atoms with Gasteiger partial charge in [0.25, 0.3) is 0 Å². The van der Waals surface area contributed by atoms with Crippen LogP contribution in [0.4, 0.5) is 0 Å². The zero-order valence-corrected chi connectivity index (χ0v) is 7.88. The van der Waals surface area contributed by atoms with Crippen molar-refractivity contribution in [3.05, 3.63) is 41.9 Å². The van der Waals surface area contributed by atoms with E-state index in [0.29, 0.717) is 5.82 Å². The van der Waals surface area contributed by atoms with Crippen molar-refractivity contribution in [3.8, 4) is 5.82 Å². The van der Waals surface area contributed by atoms with E-state index in [0.717, 1.165) is 11.1 Å². The maximum atomic E-state index is 9.11. The Hall–Kier alpha value is -1.68. The third-order valence-corrected chi connectivity index (χ3v) is 1.97. The first-order valence-electron chi connectivity index (χ1n) is 4.37. The Morgan fingerprint density at radius 3 is 3.00 bits per heavy atom. The van der Waals surface area contributed by atoms with Gasteiger partial charge in [-0.1, -0.05) is 6.07 Å². The molecule has 0 aliphatic heterocycles. The van der Waals surface area contributed by atoms with Gasteiger partial charge in [0, 0.05) is 18.0 Å². The van der Waals surface area contributed by atoms with Crippen LogP contribution < -0.4 is 0 Å². The van der Waals surface area contributed by atoms with Crippen molar-refractivity contribution < 1.29 is 5.11 Å². The van der Waals surface area contributed by atoms with Crippen molar-refractivity contribution >= 4 is 0 Å². The van der Waals surface area contributed by atoms with Crippen molar-refractivity contribution in [1.29, 1.82) is 0 Å². The predicted molar refractivity (Wildman–Crippen MR) is 52.0 cm³/mol. The summed E-state index contributed by atoms with van der Waals surface area (Å²) in [5.74, 6) is 0.683. The minimum atomic E-state index is -0.0257. The first kappa shape index (κ1) is 8.90. The maximum Gasteiger partial charge on any atom is 0.158 e. The highest BCUT2D eigenvalue weighted by Crippen LogP contribution is 2.10. The van der Waals surface area contributed by atoms with E-state index in [1.54, 1.807) is 23.1 Å². The molecule has 0 bridgehead atoms. The standard InChI is InChI=1S/C10H11N3O/c1-8-5-12-13(6-8)10-9(7-14)3-2-4-11-10/h2-6,14H,7H2,1H3. The third-order valence-electron chi connectivity index (χ3n) is 1.97. The minimum Gasteiger partial charge on any atom is -0.392 e. The molecule has 0 saturated heterocycles. The molecule has 14 heavy (non-hydrogen) atoms. The molecule has 0 unspecified atom stereocenters. The second-order valence-corrected chi connectivity index (χ2v) is 3.11. The van der Waals surface area contributed by atoms with Crippen LogP contribution in [0.25, 0.3) is 5.82 Å². The Balaban J connectivity index is 2.50. The normalized spacial score (nSPS) is 10.4. The number of nitrogens with zero attached hydrogens (tertiary/aromatic N) is 3. The van der Waals surface area contributed by atoms with Crippen LogP contribution in [0.3, 0.4) is 0 Å². The molecule has 0 radical (unpaired) electrons. The molecule has 0 fully saturated rings. The first-order chi connectivity index (χ1) is 6.81. The van der Waals surface area contributed by atoms with E-state index in [-0.39, 0.29) is 6.61 Å². The van der Waals surface area contributed by atoms with Crippen molar-refractivity contribution in [2.45, 2.75) is 13.5 Å². The van der Waals surface area contributed by atoms with Gasteiger partial charge < -0.3 is 5.11 Å². The number of aryl methyl sites for hydroxylation is 1. The van der Waals surface area contributed by atoms with Crippen molar-refractivity contribution in [2.75, 3.05) is 0 Å². The number of aromatic nitrogens is 3. The summed E-state index contributed by atoms with van der Waals surface area (Å²) in [6.07, 6.45) is 5.32. The molecule has 2 rings (SSSR count). The molecule has 1 N–H and O–H groups in total. The molecule has 0 amide bonds. The topological polar surface area (TPSA) is 50.9 Å². The van der Waals surface area contributed by atoms with E-state index < -0.39 is 0 Å². The predicted octanol–water partition coefficient (Wildman–Crippen LogP) is 1.07. The molecule has 0 spiro atoms. The van der Waals surface area contributed by atoms with E-state index in [1.165, 1.54) is 0 Å². The molecule has 0 aliphatic carbocycles. The molecular formula is C10H11N3O. The number of aliphatic hydroxyl groups is 1. The number of hydrogen-bond donors (Lipinski definition) is 1. The van der Waals surface area contributed by atoms with Gasteiger partial charge in [-0.05, 0) is 18.6 Å². The second-order valence-electron chi connectivity index (χ2n) is 3.11. The molecule has 2 aromatic heterocycles. The van der Waals surface area contributed by atoms with Crippen LogP contribution in [-0.2, 0) is 6.61 Å². The van der Waals surface area contributed by atoms with Crippen LogP contribution in [0, 0.1) is 6.92 Å². The fraction of sp³-hybridized carbons (Fsp3) is 0.200. The third kappa shape index (κ3) is 1.52.